The van der Waals surface area contributed by atoms with Crippen LogP contribution >= 0.6 is 45.7 Å². The van der Waals surface area contributed by atoms with Gasteiger partial charge >= 0.3 is 0 Å². The van der Waals surface area contributed by atoms with Crippen LogP contribution in [0.4, 0.5) is 5.69 Å². The van der Waals surface area contributed by atoms with Crippen LogP contribution < -0.4 is 5.32 Å². The van der Waals surface area contributed by atoms with Crippen LogP contribution in [0, 0.1) is 17.4 Å². The number of fused-ring (bicyclic) bond motifs is 1. The minimum absolute atomic E-state index is 0.0339. The molecule has 0 radical (unpaired) electrons. The maximum absolute atomic E-state index is 12.1. The molecule has 0 aliphatic rings. The number of aryl methyl sites for hydroxylation is 2. The summed E-state index contributed by atoms with van der Waals surface area (Å²) in [6.45, 7) is 4.16. The number of amides is 1. The quantitative estimate of drug-likeness (QED) is 0.354. The van der Waals surface area contributed by atoms with Crippen molar-refractivity contribution < 1.29 is 4.79 Å². The highest BCUT2D eigenvalue weighted by Gasteiger charge is 2.13. The zero-order valence-corrected chi connectivity index (χ0v) is 16.4. The summed E-state index contributed by atoms with van der Waals surface area (Å²) in [5.41, 5.74) is 2.02. The van der Waals surface area contributed by atoms with Gasteiger partial charge in [-0.2, -0.15) is 0 Å². The van der Waals surface area contributed by atoms with Crippen molar-refractivity contribution in [1.29, 1.82) is 0 Å². The van der Waals surface area contributed by atoms with E-state index in [4.69, 9.17) is 0 Å². The lowest BCUT2D eigenvalue weighted by molar-refractivity contribution is -0.113. The predicted molar refractivity (Wildman–Crippen MR) is 105 cm³/mol. The van der Waals surface area contributed by atoms with Crippen molar-refractivity contribution in [2.75, 3.05) is 11.1 Å². The van der Waals surface area contributed by atoms with Crippen molar-refractivity contribution in [3.63, 3.8) is 0 Å². The molecule has 0 spiro atoms. The second-order valence-corrected chi connectivity index (χ2v) is 8.40. The van der Waals surface area contributed by atoms with Gasteiger partial charge in [-0.3, -0.25) is 4.79 Å². The molecular formula is C16H14IN3OS2. The van der Waals surface area contributed by atoms with E-state index >= 15 is 0 Å². The Morgan fingerprint density at radius 2 is 2.17 bits per heavy atom. The molecule has 2 heterocycles. The second-order valence-electron chi connectivity index (χ2n) is 4.99. The van der Waals surface area contributed by atoms with E-state index in [9.17, 15) is 4.79 Å². The number of hydrogen-bond acceptors (Lipinski definition) is 5. The summed E-state index contributed by atoms with van der Waals surface area (Å²) in [7, 11) is 0. The zero-order chi connectivity index (χ0) is 16.4. The average Bonchev–Trinajstić information content (AvgIpc) is 2.81. The van der Waals surface area contributed by atoms with Crippen LogP contribution in [-0.2, 0) is 4.79 Å². The topological polar surface area (TPSA) is 54.9 Å². The molecule has 1 aromatic carbocycles. The normalized spacial score (nSPS) is 10.9. The summed E-state index contributed by atoms with van der Waals surface area (Å²) in [4.78, 5) is 23.0. The first kappa shape index (κ1) is 16.7. The van der Waals surface area contributed by atoms with Gasteiger partial charge in [-0.05, 0) is 60.2 Å². The molecule has 0 atom stereocenters. The number of carbonyl (C=O) groups is 1. The van der Waals surface area contributed by atoms with E-state index in [1.165, 1.54) is 22.2 Å². The SMILES string of the molecule is Cc1sc2ncnc(SCC(=O)Nc3cccc(I)c3)c2c1C. The molecule has 3 aromatic rings. The molecule has 0 fully saturated rings. The minimum atomic E-state index is -0.0339. The van der Waals surface area contributed by atoms with E-state index in [-0.39, 0.29) is 5.91 Å². The number of anilines is 1. The summed E-state index contributed by atoms with van der Waals surface area (Å²) >= 11 is 5.34. The first-order chi connectivity index (χ1) is 11.0. The second kappa shape index (κ2) is 7.14. The van der Waals surface area contributed by atoms with Gasteiger partial charge in [0.15, 0.2) is 0 Å². The highest BCUT2D eigenvalue weighted by atomic mass is 127. The molecule has 0 saturated carbocycles. The van der Waals surface area contributed by atoms with Gasteiger partial charge in [0.2, 0.25) is 5.91 Å². The molecule has 0 aliphatic carbocycles. The Balaban J connectivity index is 1.72. The third kappa shape index (κ3) is 3.84. The molecule has 1 amide bonds. The molecule has 0 bridgehead atoms. The molecule has 118 valence electrons. The van der Waals surface area contributed by atoms with Gasteiger partial charge < -0.3 is 5.32 Å². The van der Waals surface area contributed by atoms with Crippen LogP contribution in [0.25, 0.3) is 10.2 Å². The number of thioether (sulfide) groups is 1. The molecule has 3 rings (SSSR count). The van der Waals surface area contributed by atoms with Crippen molar-refractivity contribution in [2.45, 2.75) is 18.9 Å². The molecule has 2 aromatic heterocycles. The number of thiophene rings is 1. The molecule has 0 aliphatic heterocycles. The Hall–Kier alpha value is -1.19. The summed E-state index contributed by atoms with van der Waals surface area (Å²) in [6.07, 6.45) is 1.57. The van der Waals surface area contributed by atoms with Crippen molar-refractivity contribution in [2.24, 2.45) is 0 Å². The van der Waals surface area contributed by atoms with Gasteiger partial charge in [0.05, 0.1) is 5.75 Å². The van der Waals surface area contributed by atoms with Crippen LogP contribution in [0.2, 0.25) is 0 Å². The predicted octanol–water partition coefficient (Wildman–Crippen LogP) is 4.64. The number of benzene rings is 1. The van der Waals surface area contributed by atoms with Gasteiger partial charge in [0, 0.05) is 19.5 Å². The standard InChI is InChI=1S/C16H14IN3OS2/c1-9-10(2)23-16-14(9)15(18-8-19-16)22-7-13(21)20-12-5-3-4-11(17)6-12/h3-6,8H,7H2,1-2H3,(H,20,21). The molecule has 1 N–H and O–H groups in total. The summed E-state index contributed by atoms with van der Waals surface area (Å²) < 4.78 is 1.09. The Kier molecular flexibility index (Phi) is 5.17. The number of nitrogens with one attached hydrogen (secondary N) is 1. The van der Waals surface area contributed by atoms with E-state index in [2.05, 4.69) is 51.7 Å². The third-order valence-electron chi connectivity index (χ3n) is 3.38. The number of carbonyl (C=O) groups excluding carboxylic acids is 1. The fraction of sp³-hybridized carbons (Fsp3) is 0.188. The summed E-state index contributed by atoms with van der Waals surface area (Å²) in [5.74, 6) is 0.291. The molecule has 23 heavy (non-hydrogen) atoms. The maximum atomic E-state index is 12.1. The highest BCUT2D eigenvalue weighted by molar-refractivity contribution is 14.1. The first-order valence-corrected chi connectivity index (χ1v) is 9.81. The van der Waals surface area contributed by atoms with Crippen molar-refractivity contribution in [3.05, 3.63) is 44.6 Å². The molecule has 0 unspecified atom stereocenters. The number of halogens is 1. The largest absolute Gasteiger partial charge is 0.325 e. The number of hydrogen-bond donors (Lipinski definition) is 1. The van der Waals surface area contributed by atoms with Gasteiger partial charge in [-0.1, -0.05) is 17.8 Å². The van der Waals surface area contributed by atoms with Gasteiger partial charge in [0.1, 0.15) is 16.2 Å². The van der Waals surface area contributed by atoms with Crippen LogP contribution in [0.5, 0.6) is 0 Å². The lowest BCUT2D eigenvalue weighted by Gasteiger charge is -2.06. The fourth-order valence-corrected chi connectivity index (χ4v) is 4.62. The summed E-state index contributed by atoms with van der Waals surface area (Å²) in [5, 5.41) is 4.86. The molecule has 4 nitrogen and oxygen atoms in total. The summed E-state index contributed by atoms with van der Waals surface area (Å²) in [6, 6.07) is 7.75. The van der Waals surface area contributed by atoms with E-state index in [0.717, 1.165) is 24.5 Å². The Morgan fingerprint density at radius 3 is 2.96 bits per heavy atom. The van der Waals surface area contributed by atoms with Crippen LogP contribution in [0.15, 0.2) is 35.6 Å². The van der Waals surface area contributed by atoms with Crippen molar-refractivity contribution >= 4 is 67.5 Å². The molecular weight excluding hydrogens is 441 g/mol. The van der Waals surface area contributed by atoms with Crippen LogP contribution in [0.1, 0.15) is 10.4 Å². The molecule has 7 heteroatoms. The monoisotopic (exact) mass is 455 g/mol. The lowest BCUT2D eigenvalue weighted by Crippen LogP contribution is -2.14. The van der Waals surface area contributed by atoms with Crippen molar-refractivity contribution in [3.8, 4) is 0 Å². The van der Waals surface area contributed by atoms with E-state index in [1.807, 2.05) is 24.3 Å². The smallest absolute Gasteiger partial charge is 0.234 e. The lowest BCUT2D eigenvalue weighted by atomic mass is 10.2. The Labute approximate surface area is 156 Å². The fourth-order valence-electron chi connectivity index (χ4n) is 2.16. The van der Waals surface area contributed by atoms with Gasteiger partial charge in [-0.25, -0.2) is 9.97 Å². The zero-order valence-electron chi connectivity index (χ0n) is 12.6. The van der Waals surface area contributed by atoms with E-state index in [0.29, 0.717) is 5.75 Å². The van der Waals surface area contributed by atoms with Gasteiger partial charge in [0.25, 0.3) is 0 Å². The maximum Gasteiger partial charge on any atom is 0.234 e. The number of rotatable bonds is 4. The van der Waals surface area contributed by atoms with E-state index in [1.54, 1.807) is 17.7 Å². The number of aromatic nitrogens is 2. The van der Waals surface area contributed by atoms with Crippen LogP contribution in [0.3, 0.4) is 0 Å². The van der Waals surface area contributed by atoms with Gasteiger partial charge in [-0.15, -0.1) is 11.3 Å². The third-order valence-corrected chi connectivity index (χ3v) is 6.15. The highest BCUT2D eigenvalue weighted by Crippen LogP contribution is 2.34. The Morgan fingerprint density at radius 1 is 1.35 bits per heavy atom. The minimum Gasteiger partial charge on any atom is -0.325 e. The first-order valence-electron chi connectivity index (χ1n) is 6.93. The number of nitrogens with zero attached hydrogens (tertiary/aromatic N) is 2. The Bertz CT molecular complexity index is 879. The van der Waals surface area contributed by atoms with Crippen molar-refractivity contribution in [1.82, 2.24) is 9.97 Å². The average molecular weight is 455 g/mol. The van der Waals surface area contributed by atoms with E-state index < -0.39 is 0 Å². The molecule has 0 saturated heterocycles. The van der Waals surface area contributed by atoms with Crippen LogP contribution in [-0.4, -0.2) is 21.6 Å².